The van der Waals surface area contributed by atoms with Gasteiger partial charge in [-0.25, -0.2) is 0 Å². The molecule has 1 aromatic heterocycles. The monoisotopic (exact) mass is 450 g/mol. The van der Waals surface area contributed by atoms with Gasteiger partial charge in [-0.05, 0) is 36.4 Å². The van der Waals surface area contributed by atoms with Gasteiger partial charge in [0.1, 0.15) is 0 Å². The standard InChI is InChI=1S/C23H26N6O2S/c1-17(30)24-19-10-8-18(9-11-19)22-25-26-23(27(22)2)32-16-21(31)29-14-12-28(13-15-29)20-6-4-3-5-7-20/h3-11H,12-16H2,1-2H3,(H,24,30). The second-order valence-electron chi connectivity index (χ2n) is 7.62. The first-order valence-corrected chi connectivity index (χ1v) is 11.5. The van der Waals surface area contributed by atoms with E-state index in [0.717, 1.165) is 37.4 Å². The van der Waals surface area contributed by atoms with E-state index in [1.165, 1.54) is 24.4 Å². The largest absolute Gasteiger partial charge is 0.368 e. The molecule has 0 unspecified atom stereocenters. The summed E-state index contributed by atoms with van der Waals surface area (Å²) in [6.07, 6.45) is 0. The van der Waals surface area contributed by atoms with Crippen LogP contribution in [0.1, 0.15) is 6.92 Å². The fourth-order valence-corrected chi connectivity index (χ4v) is 4.48. The number of aromatic nitrogens is 3. The van der Waals surface area contributed by atoms with Crippen LogP contribution in [0.5, 0.6) is 0 Å². The molecule has 1 saturated heterocycles. The summed E-state index contributed by atoms with van der Waals surface area (Å²) in [4.78, 5) is 28.1. The van der Waals surface area contributed by atoms with Gasteiger partial charge in [0.2, 0.25) is 11.8 Å². The number of amides is 2. The van der Waals surface area contributed by atoms with Crippen LogP contribution in [0.15, 0.2) is 59.8 Å². The molecule has 2 heterocycles. The van der Waals surface area contributed by atoms with E-state index in [4.69, 9.17) is 0 Å². The molecule has 0 saturated carbocycles. The average molecular weight is 451 g/mol. The normalized spacial score (nSPS) is 13.8. The zero-order valence-electron chi connectivity index (χ0n) is 18.2. The average Bonchev–Trinajstić information content (AvgIpc) is 3.18. The highest BCUT2D eigenvalue weighted by Gasteiger charge is 2.22. The Hall–Kier alpha value is -3.33. The summed E-state index contributed by atoms with van der Waals surface area (Å²) in [5, 5.41) is 12.0. The Bertz CT molecular complexity index is 1080. The number of hydrogen-bond donors (Lipinski definition) is 1. The van der Waals surface area contributed by atoms with Gasteiger partial charge in [-0.15, -0.1) is 10.2 Å². The Labute approximate surface area is 191 Å². The number of thioether (sulfide) groups is 1. The molecule has 0 radical (unpaired) electrons. The SMILES string of the molecule is CC(=O)Nc1ccc(-c2nnc(SCC(=O)N3CCN(c4ccccc4)CC3)n2C)cc1. The first-order chi connectivity index (χ1) is 15.5. The Balaban J connectivity index is 1.31. The summed E-state index contributed by atoms with van der Waals surface area (Å²) < 4.78 is 1.89. The summed E-state index contributed by atoms with van der Waals surface area (Å²) >= 11 is 1.40. The van der Waals surface area contributed by atoms with Crippen molar-refractivity contribution >= 4 is 35.0 Å². The van der Waals surface area contributed by atoms with Crippen molar-refractivity contribution in [3.63, 3.8) is 0 Å². The lowest BCUT2D eigenvalue weighted by Crippen LogP contribution is -2.49. The number of anilines is 2. The maximum atomic E-state index is 12.7. The Morgan fingerprint density at radius 1 is 0.969 bits per heavy atom. The summed E-state index contributed by atoms with van der Waals surface area (Å²) in [6, 6.07) is 17.7. The molecule has 3 aromatic rings. The molecule has 8 nitrogen and oxygen atoms in total. The van der Waals surface area contributed by atoms with Gasteiger partial charge in [-0.2, -0.15) is 0 Å². The highest BCUT2D eigenvalue weighted by Crippen LogP contribution is 2.24. The van der Waals surface area contributed by atoms with Gasteiger partial charge in [0, 0.05) is 57.1 Å². The molecule has 32 heavy (non-hydrogen) atoms. The number of rotatable bonds is 6. The predicted molar refractivity (Wildman–Crippen MR) is 127 cm³/mol. The van der Waals surface area contributed by atoms with Gasteiger partial charge in [0.05, 0.1) is 5.75 Å². The minimum atomic E-state index is -0.110. The van der Waals surface area contributed by atoms with Crippen molar-refractivity contribution in [1.29, 1.82) is 0 Å². The number of carbonyl (C=O) groups is 2. The lowest BCUT2D eigenvalue weighted by Gasteiger charge is -2.36. The molecule has 0 aliphatic carbocycles. The first kappa shape index (κ1) is 21.9. The second kappa shape index (κ2) is 9.86. The van der Waals surface area contributed by atoms with Crippen LogP contribution in [0.3, 0.4) is 0 Å². The van der Waals surface area contributed by atoms with Crippen LogP contribution < -0.4 is 10.2 Å². The van der Waals surface area contributed by atoms with E-state index in [9.17, 15) is 9.59 Å². The lowest BCUT2D eigenvalue weighted by molar-refractivity contribution is -0.128. The van der Waals surface area contributed by atoms with Crippen LogP contribution in [-0.2, 0) is 16.6 Å². The minimum absolute atomic E-state index is 0.110. The van der Waals surface area contributed by atoms with Crippen molar-refractivity contribution in [2.75, 3.05) is 42.1 Å². The highest BCUT2D eigenvalue weighted by atomic mass is 32.2. The van der Waals surface area contributed by atoms with E-state index in [-0.39, 0.29) is 11.8 Å². The summed E-state index contributed by atoms with van der Waals surface area (Å²) in [5.74, 6) is 1.05. The Morgan fingerprint density at radius 3 is 2.31 bits per heavy atom. The molecule has 0 spiro atoms. The molecule has 1 aliphatic rings. The van der Waals surface area contributed by atoms with Crippen molar-refractivity contribution < 1.29 is 9.59 Å². The zero-order valence-corrected chi connectivity index (χ0v) is 19.0. The van der Waals surface area contributed by atoms with Crippen molar-refractivity contribution in [3.05, 3.63) is 54.6 Å². The number of nitrogens with one attached hydrogen (secondary N) is 1. The molecule has 1 aliphatic heterocycles. The summed E-state index contributed by atoms with van der Waals surface area (Å²) in [5.41, 5.74) is 2.82. The van der Waals surface area contributed by atoms with E-state index in [2.05, 4.69) is 32.5 Å². The van der Waals surface area contributed by atoms with Gasteiger partial charge >= 0.3 is 0 Å². The molecule has 2 amide bonds. The van der Waals surface area contributed by atoms with Gasteiger partial charge in [-0.3, -0.25) is 9.59 Å². The van der Waals surface area contributed by atoms with E-state index in [1.54, 1.807) is 0 Å². The highest BCUT2D eigenvalue weighted by molar-refractivity contribution is 7.99. The van der Waals surface area contributed by atoms with E-state index in [0.29, 0.717) is 16.7 Å². The zero-order chi connectivity index (χ0) is 22.5. The molecule has 2 aromatic carbocycles. The maximum Gasteiger partial charge on any atom is 0.233 e. The van der Waals surface area contributed by atoms with Crippen molar-refractivity contribution in [2.45, 2.75) is 12.1 Å². The summed E-state index contributed by atoms with van der Waals surface area (Å²) in [6.45, 7) is 4.59. The van der Waals surface area contributed by atoms with E-state index >= 15 is 0 Å². The fourth-order valence-electron chi connectivity index (χ4n) is 3.67. The van der Waals surface area contributed by atoms with Gasteiger partial charge in [-0.1, -0.05) is 30.0 Å². The molecule has 166 valence electrons. The third-order valence-corrected chi connectivity index (χ3v) is 6.38. The van der Waals surface area contributed by atoms with Crippen molar-refractivity contribution in [2.24, 2.45) is 7.05 Å². The fraction of sp³-hybridized carbons (Fsp3) is 0.304. The molecule has 1 N–H and O–H groups in total. The third-order valence-electron chi connectivity index (χ3n) is 5.38. The van der Waals surface area contributed by atoms with Gasteiger partial charge < -0.3 is 19.7 Å². The topological polar surface area (TPSA) is 83.4 Å². The number of para-hydroxylation sites is 1. The molecule has 0 atom stereocenters. The molecule has 1 fully saturated rings. The van der Waals surface area contributed by atoms with Crippen molar-refractivity contribution in [3.8, 4) is 11.4 Å². The predicted octanol–water partition coefficient (Wildman–Crippen LogP) is 2.88. The van der Waals surface area contributed by atoms with E-state index in [1.807, 2.05) is 59.0 Å². The number of carbonyl (C=O) groups excluding carboxylic acids is 2. The second-order valence-corrected chi connectivity index (χ2v) is 8.56. The minimum Gasteiger partial charge on any atom is -0.368 e. The van der Waals surface area contributed by atoms with Gasteiger partial charge in [0.25, 0.3) is 0 Å². The third kappa shape index (κ3) is 5.11. The molecular weight excluding hydrogens is 424 g/mol. The van der Waals surface area contributed by atoms with Crippen LogP contribution in [0, 0.1) is 0 Å². The van der Waals surface area contributed by atoms with Gasteiger partial charge in [0.15, 0.2) is 11.0 Å². The number of piperazine rings is 1. The Morgan fingerprint density at radius 2 is 1.66 bits per heavy atom. The maximum absolute atomic E-state index is 12.7. The van der Waals surface area contributed by atoms with Crippen LogP contribution in [-0.4, -0.2) is 63.4 Å². The van der Waals surface area contributed by atoms with Crippen molar-refractivity contribution in [1.82, 2.24) is 19.7 Å². The summed E-state index contributed by atoms with van der Waals surface area (Å²) in [7, 11) is 1.89. The van der Waals surface area contributed by atoms with Crippen LogP contribution in [0.2, 0.25) is 0 Å². The first-order valence-electron chi connectivity index (χ1n) is 10.5. The van der Waals surface area contributed by atoms with Crippen LogP contribution in [0.4, 0.5) is 11.4 Å². The quantitative estimate of drug-likeness (QED) is 0.582. The van der Waals surface area contributed by atoms with E-state index < -0.39 is 0 Å². The molecule has 9 heteroatoms. The smallest absolute Gasteiger partial charge is 0.233 e. The molecular formula is C23H26N6O2S. The number of nitrogens with zero attached hydrogens (tertiary/aromatic N) is 5. The number of benzene rings is 2. The number of hydrogen-bond acceptors (Lipinski definition) is 6. The molecule has 4 rings (SSSR count). The van der Waals surface area contributed by atoms with Crippen LogP contribution >= 0.6 is 11.8 Å². The van der Waals surface area contributed by atoms with Crippen LogP contribution in [0.25, 0.3) is 11.4 Å². The lowest BCUT2D eigenvalue weighted by atomic mass is 10.2. The Kier molecular flexibility index (Phi) is 6.75. The molecule has 0 bridgehead atoms.